The van der Waals surface area contributed by atoms with Gasteiger partial charge in [0.2, 0.25) is 0 Å². The van der Waals surface area contributed by atoms with Gasteiger partial charge < -0.3 is 20.1 Å². The molecule has 1 aliphatic heterocycles. The summed E-state index contributed by atoms with van der Waals surface area (Å²) in [7, 11) is 1.71. The van der Waals surface area contributed by atoms with Crippen LogP contribution in [0.5, 0.6) is 0 Å². The van der Waals surface area contributed by atoms with Gasteiger partial charge in [-0.1, -0.05) is 24.3 Å². The number of fused-ring (bicyclic) bond motifs is 2. The largest absolute Gasteiger partial charge is 0.379 e. The Labute approximate surface area is 208 Å². The van der Waals surface area contributed by atoms with E-state index in [1.165, 1.54) is 0 Å². The molecule has 9 heteroatoms. The number of hydrogen-bond acceptors (Lipinski definition) is 8. The minimum Gasteiger partial charge on any atom is -0.379 e. The summed E-state index contributed by atoms with van der Waals surface area (Å²) in [6.07, 6.45) is 1.53. The third kappa shape index (κ3) is 4.47. The van der Waals surface area contributed by atoms with E-state index in [4.69, 9.17) is 19.4 Å². The van der Waals surface area contributed by atoms with Crippen molar-refractivity contribution in [2.24, 2.45) is 0 Å². The number of methoxy groups -OCH3 is 1. The van der Waals surface area contributed by atoms with Crippen molar-refractivity contribution in [2.75, 3.05) is 44.0 Å². The number of anilines is 3. The van der Waals surface area contributed by atoms with Crippen LogP contribution in [0, 0.1) is 0 Å². The monoisotopic (exact) mass is 481 g/mol. The maximum Gasteiger partial charge on any atom is 0.186 e. The van der Waals surface area contributed by atoms with E-state index < -0.39 is 0 Å². The van der Waals surface area contributed by atoms with Gasteiger partial charge in [-0.3, -0.25) is 10.00 Å². The number of nitrogens with zero attached hydrogens (tertiary/aromatic N) is 4. The molecule has 0 bridgehead atoms. The molecule has 5 aromatic rings. The maximum atomic E-state index is 5.78. The van der Waals surface area contributed by atoms with E-state index in [0.717, 1.165) is 57.7 Å². The molecule has 0 spiro atoms. The third-order valence-corrected chi connectivity index (χ3v) is 6.35. The zero-order valence-corrected chi connectivity index (χ0v) is 19.9. The quantitative estimate of drug-likeness (QED) is 0.290. The van der Waals surface area contributed by atoms with Crippen LogP contribution < -0.4 is 10.6 Å². The molecule has 3 heterocycles. The molecule has 0 amide bonds. The van der Waals surface area contributed by atoms with E-state index in [2.05, 4.69) is 31.8 Å². The summed E-state index contributed by atoms with van der Waals surface area (Å²) >= 11 is 0. The fraction of sp³-hybridized carbons (Fsp3) is 0.222. The van der Waals surface area contributed by atoms with Gasteiger partial charge in [0.15, 0.2) is 12.2 Å². The molecule has 182 valence electrons. The van der Waals surface area contributed by atoms with Crippen molar-refractivity contribution in [1.29, 1.82) is 0 Å². The Hall–Kier alpha value is -4.05. The van der Waals surface area contributed by atoms with Gasteiger partial charge in [-0.25, -0.2) is 9.97 Å². The highest BCUT2D eigenvalue weighted by Gasteiger charge is 2.22. The van der Waals surface area contributed by atoms with Gasteiger partial charge in [-0.15, -0.1) is 0 Å². The standard InChI is InChI=1S/C27H27N7O2/c1-35-27(34-12-14-36-15-13-34)31-24-9-5-3-7-21(24)26-30-23-8-4-2-6-20(23)25(32-26)29-19-10-11-22-18(16-19)17-28-33-22/h2-11,16-17,27,31H,12-15H2,1H3,(H,28,33)(H,29,30,32). The lowest BCUT2D eigenvalue weighted by Gasteiger charge is -2.34. The summed E-state index contributed by atoms with van der Waals surface area (Å²) < 4.78 is 11.3. The summed E-state index contributed by atoms with van der Waals surface area (Å²) in [4.78, 5) is 12.1. The Morgan fingerprint density at radius 3 is 2.72 bits per heavy atom. The first-order valence-corrected chi connectivity index (χ1v) is 12.0. The topological polar surface area (TPSA) is 100 Å². The second-order valence-corrected chi connectivity index (χ2v) is 8.64. The average molecular weight is 482 g/mol. The van der Waals surface area contributed by atoms with E-state index in [1.54, 1.807) is 7.11 Å². The Morgan fingerprint density at radius 1 is 1.00 bits per heavy atom. The molecule has 0 saturated carbocycles. The number of aromatic amines is 1. The van der Waals surface area contributed by atoms with Crippen molar-refractivity contribution in [1.82, 2.24) is 25.1 Å². The molecule has 3 N–H and O–H groups in total. The lowest BCUT2D eigenvalue weighted by atomic mass is 10.1. The second-order valence-electron chi connectivity index (χ2n) is 8.64. The van der Waals surface area contributed by atoms with Crippen molar-refractivity contribution in [3.63, 3.8) is 0 Å². The van der Waals surface area contributed by atoms with Gasteiger partial charge >= 0.3 is 0 Å². The number of nitrogens with one attached hydrogen (secondary N) is 3. The summed E-state index contributed by atoms with van der Waals surface area (Å²) in [5.41, 5.74) is 4.57. The molecule has 1 unspecified atom stereocenters. The van der Waals surface area contributed by atoms with Crippen molar-refractivity contribution < 1.29 is 9.47 Å². The third-order valence-electron chi connectivity index (χ3n) is 6.35. The molecule has 3 aromatic carbocycles. The minimum atomic E-state index is -0.283. The molecule has 2 aromatic heterocycles. The lowest BCUT2D eigenvalue weighted by molar-refractivity contribution is -0.0641. The van der Waals surface area contributed by atoms with Gasteiger partial charge in [-0.2, -0.15) is 5.10 Å². The number of hydrogen-bond donors (Lipinski definition) is 3. The number of rotatable bonds is 7. The van der Waals surface area contributed by atoms with Crippen LogP contribution in [0.3, 0.4) is 0 Å². The molecule has 6 rings (SSSR count). The normalized spacial score (nSPS) is 15.2. The molecule has 0 aliphatic carbocycles. The van der Waals surface area contributed by atoms with Crippen LogP contribution in [0.4, 0.5) is 17.2 Å². The highest BCUT2D eigenvalue weighted by molar-refractivity contribution is 5.94. The minimum absolute atomic E-state index is 0.283. The van der Waals surface area contributed by atoms with Crippen LogP contribution in [-0.4, -0.2) is 64.8 Å². The smallest absolute Gasteiger partial charge is 0.186 e. The van der Waals surface area contributed by atoms with Crippen LogP contribution in [0.15, 0.2) is 72.9 Å². The molecule has 1 fully saturated rings. The Bertz CT molecular complexity index is 1500. The molecule has 0 radical (unpaired) electrons. The molecule has 36 heavy (non-hydrogen) atoms. The number of benzene rings is 3. The summed E-state index contributed by atoms with van der Waals surface area (Å²) in [6.45, 7) is 2.98. The van der Waals surface area contributed by atoms with Gasteiger partial charge in [0, 0.05) is 47.9 Å². The first-order chi connectivity index (χ1) is 17.8. The predicted octanol–water partition coefficient (Wildman–Crippen LogP) is 4.59. The fourth-order valence-electron chi connectivity index (χ4n) is 4.50. The zero-order chi connectivity index (χ0) is 24.3. The molecule has 9 nitrogen and oxygen atoms in total. The number of aromatic nitrogens is 4. The molecular weight excluding hydrogens is 454 g/mol. The molecule has 1 aliphatic rings. The predicted molar refractivity (Wildman–Crippen MR) is 141 cm³/mol. The van der Waals surface area contributed by atoms with Crippen LogP contribution >= 0.6 is 0 Å². The summed E-state index contributed by atoms with van der Waals surface area (Å²) in [5, 5.41) is 16.1. The molecular formula is C27H27N7O2. The van der Waals surface area contributed by atoms with Crippen LogP contribution in [0.2, 0.25) is 0 Å². The van der Waals surface area contributed by atoms with Crippen molar-refractivity contribution in [2.45, 2.75) is 6.35 Å². The Kier molecular flexibility index (Phi) is 6.17. The van der Waals surface area contributed by atoms with Crippen molar-refractivity contribution in [3.05, 3.63) is 72.9 Å². The van der Waals surface area contributed by atoms with E-state index in [0.29, 0.717) is 19.0 Å². The van der Waals surface area contributed by atoms with Gasteiger partial charge in [-0.05, 0) is 42.5 Å². The maximum absolute atomic E-state index is 5.78. The van der Waals surface area contributed by atoms with Crippen molar-refractivity contribution in [3.8, 4) is 11.4 Å². The Morgan fingerprint density at radius 2 is 1.83 bits per heavy atom. The Balaban J connectivity index is 1.38. The van der Waals surface area contributed by atoms with Gasteiger partial charge in [0.1, 0.15) is 5.82 Å². The van der Waals surface area contributed by atoms with E-state index >= 15 is 0 Å². The van der Waals surface area contributed by atoms with Crippen molar-refractivity contribution >= 4 is 39.0 Å². The number of para-hydroxylation sites is 2. The van der Waals surface area contributed by atoms with Crippen LogP contribution in [-0.2, 0) is 9.47 Å². The van der Waals surface area contributed by atoms with Gasteiger partial charge in [0.05, 0.1) is 30.4 Å². The first-order valence-electron chi connectivity index (χ1n) is 12.0. The molecule has 1 saturated heterocycles. The van der Waals surface area contributed by atoms with Gasteiger partial charge in [0.25, 0.3) is 0 Å². The SMILES string of the molecule is COC(Nc1ccccc1-c1nc(Nc2ccc3[nH]ncc3c2)c2ccccc2n1)N1CCOCC1. The fourth-order valence-corrected chi connectivity index (χ4v) is 4.50. The van der Waals surface area contributed by atoms with E-state index in [-0.39, 0.29) is 6.35 Å². The summed E-state index contributed by atoms with van der Waals surface area (Å²) in [6, 6.07) is 22.1. The van der Waals surface area contributed by atoms with E-state index in [1.807, 2.05) is 66.9 Å². The first kappa shape index (κ1) is 22.4. The zero-order valence-electron chi connectivity index (χ0n) is 19.9. The average Bonchev–Trinajstić information content (AvgIpc) is 3.40. The molecule has 1 atom stereocenters. The van der Waals surface area contributed by atoms with E-state index in [9.17, 15) is 0 Å². The number of morpholine rings is 1. The number of ether oxygens (including phenoxy) is 2. The van der Waals surface area contributed by atoms with Crippen LogP contribution in [0.25, 0.3) is 33.2 Å². The van der Waals surface area contributed by atoms with Crippen LogP contribution in [0.1, 0.15) is 0 Å². The summed E-state index contributed by atoms with van der Waals surface area (Å²) in [5.74, 6) is 1.37. The lowest BCUT2D eigenvalue weighted by Crippen LogP contribution is -2.48. The number of H-pyrrole nitrogens is 1. The second kappa shape index (κ2) is 9.90. The highest BCUT2D eigenvalue weighted by Crippen LogP contribution is 2.32. The highest BCUT2D eigenvalue weighted by atomic mass is 16.5.